The minimum atomic E-state index is -0.147. The van der Waals surface area contributed by atoms with Crippen LogP contribution in [-0.4, -0.2) is 34.9 Å². The van der Waals surface area contributed by atoms with Crippen molar-refractivity contribution in [2.45, 2.75) is 53.1 Å². The summed E-state index contributed by atoms with van der Waals surface area (Å²) in [5, 5.41) is 7.79. The number of aryl methyl sites for hydroxylation is 1. The van der Waals surface area contributed by atoms with Crippen molar-refractivity contribution >= 4 is 17.5 Å². The molecule has 0 unspecified atom stereocenters. The van der Waals surface area contributed by atoms with Gasteiger partial charge in [-0.15, -0.1) is 0 Å². The van der Waals surface area contributed by atoms with Crippen molar-refractivity contribution in [3.8, 4) is 0 Å². The Morgan fingerprint density at radius 2 is 2.13 bits per heavy atom. The number of carbonyl (C=O) groups excluding carboxylic acids is 1. The molecule has 0 saturated carbocycles. The zero-order chi connectivity index (χ0) is 17.4. The monoisotopic (exact) mass is 341 g/mol. The molecule has 1 aromatic heterocycles. The van der Waals surface area contributed by atoms with Gasteiger partial charge in [0.1, 0.15) is 5.15 Å². The third-order valence-corrected chi connectivity index (χ3v) is 4.80. The second-order valence-electron chi connectivity index (χ2n) is 7.75. The van der Waals surface area contributed by atoms with Gasteiger partial charge in [0.05, 0.1) is 17.4 Å². The summed E-state index contributed by atoms with van der Waals surface area (Å²) in [7, 11) is 1.76. The predicted molar refractivity (Wildman–Crippen MR) is 91.9 cm³/mol. The van der Waals surface area contributed by atoms with E-state index in [4.69, 9.17) is 16.3 Å². The SMILES string of the molecule is CC(C)c1nn(C)c(Cl)c1C(=O)NC[C@@H]1CCO[C@@H]1C(C)(C)C. The number of hydrogen-bond acceptors (Lipinski definition) is 3. The zero-order valence-corrected chi connectivity index (χ0v) is 15.7. The molecule has 23 heavy (non-hydrogen) atoms. The van der Waals surface area contributed by atoms with Gasteiger partial charge in [-0.25, -0.2) is 0 Å². The largest absolute Gasteiger partial charge is 0.377 e. The number of carbonyl (C=O) groups is 1. The van der Waals surface area contributed by atoms with Crippen LogP contribution in [0.4, 0.5) is 0 Å². The van der Waals surface area contributed by atoms with Gasteiger partial charge in [0, 0.05) is 26.1 Å². The third-order valence-electron chi connectivity index (χ3n) is 4.37. The maximum absolute atomic E-state index is 12.6. The van der Waals surface area contributed by atoms with Crippen LogP contribution in [0.1, 0.15) is 63.0 Å². The minimum absolute atomic E-state index is 0.0704. The molecule has 5 nitrogen and oxygen atoms in total. The summed E-state index contributed by atoms with van der Waals surface area (Å²) in [4.78, 5) is 12.6. The topological polar surface area (TPSA) is 56.2 Å². The van der Waals surface area contributed by atoms with Gasteiger partial charge in [-0.3, -0.25) is 9.48 Å². The highest BCUT2D eigenvalue weighted by atomic mass is 35.5. The van der Waals surface area contributed by atoms with Crippen molar-refractivity contribution in [1.29, 1.82) is 0 Å². The molecule has 2 rings (SSSR count). The first kappa shape index (κ1) is 18.3. The van der Waals surface area contributed by atoms with Crippen molar-refractivity contribution in [2.75, 3.05) is 13.2 Å². The van der Waals surface area contributed by atoms with E-state index in [1.807, 2.05) is 13.8 Å². The molecule has 6 heteroatoms. The second kappa shape index (κ2) is 6.81. The van der Waals surface area contributed by atoms with Crippen molar-refractivity contribution in [3.63, 3.8) is 0 Å². The van der Waals surface area contributed by atoms with Crippen LogP contribution >= 0.6 is 11.6 Å². The van der Waals surface area contributed by atoms with Crippen LogP contribution < -0.4 is 5.32 Å². The maximum Gasteiger partial charge on any atom is 0.256 e. The number of amides is 1. The van der Waals surface area contributed by atoms with Gasteiger partial charge in [0.25, 0.3) is 5.91 Å². The molecule has 2 heterocycles. The van der Waals surface area contributed by atoms with Gasteiger partial charge < -0.3 is 10.1 Å². The van der Waals surface area contributed by atoms with Crippen LogP contribution in [0.3, 0.4) is 0 Å². The highest BCUT2D eigenvalue weighted by Crippen LogP contribution is 2.34. The standard InChI is InChI=1S/C17H28ClN3O2/c1-10(2)13-12(15(18)21(6)20-13)16(22)19-9-11-7-8-23-14(11)17(3,4)5/h10-11,14H,7-9H2,1-6H3,(H,19,22)/t11-,14-/m0/s1. The molecule has 0 radical (unpaired) electrons. The smallest absolute Gasteiger partial charge is 0.256 e. The molecule has 1 aliphatic heterocycles. The van der Waals surface area contributed by atoms with Crippen LogP contribution in [0, 0.1) is 11.3 Å². The fraction of sp³-hybridized carbons (Fsp3) is 0.765. The van der Waals surface area contributed by atoms with E-state index in [9.17, 15) is 4.79 Å². The van der Waals surface area contributed by atoms with Gasteiger partial charge in [-0.05, 0) is 17.8 Å². The number of nitrogens with zero attached hydrogens (tertiary/aromatic N) is 2. The summed E-state index contributed by atoms with van der Waals surface area (Å²) < 4.78 is 7.42. The molecular weight excluding hydrogens is 314 g/mol. The van der Waals surface area contributed by atoms with E-state index >= 15 is 0 Å². The molecule has 0 aliphatic carbocycles. The Morgan fingerprint density at radius 3 is 2.70 bits per heavy atom. The van der Waals surface area contributed by atoms with Gasteiger partial charge in [-0.2, -0.15) is 5.10 Å². The summed E-state index contributed by atoms with van der Waals surface area (Å²) in [6.07, 6.45) is 1.14. The maximum atomic E-state index is 12.6. The van der Waals surface area contributed by atoms with E-state index in [1.54, 1.807) is 11.7 Å². The number of rotatable bonds is 4. The molecular formula is C17H28ClN3O2. The quantitative estimate of drug-likeness (QED) is 0.913. The van der Waals surface area contributed by atoms with Crippen molar-refractivity contribution < 1.29 is 9.53 Å². The Labute approximate surface area is 143 Å². The third kappa shape index (κ3) is 3.89. The van der Waals surface area contributed by atoms with Crippen molar-refractivity contribution in [1.82, 2.24) is 15.1 Å². The number of nitrogens with one attached hydrogen (secondary N) is 1. The summed E-state index contributed by atoms with van der Waals surface area (Å²) >= 11 is 6.26. The molecule has 0 bridgehead atoms. The Hall–Kier alpha value is -1.07. The van der Waals surface area contributed by atoms with Gasteiger partial charge in [0.2, 0.25) is 0 Å². The van der Waals surface area contributed by atoms with Crippen LogP contribution in [0.2, 0.25) is 5.15 Å². The molecule has 0 aromatic carbocycles. The molecule has 2 atom stereocenters. The Kier molecular flexibility index (Phi) is 5.41. The molecule has 0 spiro atoms. The first-order valence-electron chi connectivity index (χ1n) is 8.25. The van der Waals surface area contributed by atoms with E-state index in [0.717, 1.165) is 18.7 Å². The fourth-order valence-electron chi connectivity index (χ4n) is 3.25. The highest BCUT2D eigenvalue weighted by molar-refractivity contribution is 6.33. The fourth-order valence-corrected chi connectivity index (χ4v) is 3.47. The average Bonchev–Trinajstić information content (AvgIpc) is 3.02. The zero-order valence-electron chi connectivity index (χ0n) is 14.9. The first-order chi connectivity index (χ1) is 10.6. The first-order valence-corrected chi connectivity index (χ1v) is 8.63. The summed E-state index contributed by atoms with van der Waals surface area (Å²) in [5.41, 5.74) is 1.31. The van der Waals surface area contributed by atoms with E-state index in [2.05, 4.69) is 31.2 Å². The lowest BCUT2D eigenvalue weighted by molar-refractivity contribution is 0.00737. The second-order valence-corrected chi connectivity index (χ2v) is 8.10. The van der Waals surface area contributed by atoms with Crippen molar-refractivity contribution in [3.05, 3.63) is 16.4 Å². The normalized spacial score (nSPS) is 21.9. The molecule has 1 amide bonds. The molecule has 130 valence electrons. The Balaban J connectivity index is 2.09. The number of hydrogen-bond donors (Lipinski definition) is 1. The van der Waals surface area contributed by atoms with E-state index in [-0.39, 0.29) is 23.3 Å². The average molecular weight is 342 g/mol. The number of halogens is 1. The van der Waals surface area contributed by atoms with Crippen LogP contribution in [0.15, 0.2) is 0 Å². The van der Waals surface area contributed by atoms with Crippen LogP contribution in [0.5, 0.6) is 0 Å². The molecule has 1 aromatic rings. The Bertz CT molecular complexity index is 575. The lowest BCUT2D eigenvalue weighted by Crippen LogP contribution is -2.39. The van der Waals surface area contributed by atoms with E-state index < -0.39 is 0 Å². The number of ether oxygens (including phenoxy) is 1. The van der Waals surface area contributed by atoms with Gasteiger partial charge >= 0.3 is 0 Å². The van der Waals surface area contributed by atoms with E-state index in [1.165, 1.54) is 0 Å². The summed E-state index contributed by atoms with van der Waals surface area (Å²) in [5.74, 6) is 0.329. The summed E-state index contributed by atoms with van der Waals surface area (Å²) in [6, 6.07) is 0. The number of aromatic nitrogens is 2. The van der Waals surface area contributed by atoms with E-state index in [0.29, 0.717) is 23.2 Å². The van der Waals surface area contributed by atoms with Gasteiger partial charge in [0.15, 0.2) is 0 Å². The predicted octanol–water partition coefficient (Wildman–Crippen LogP) is 3.38. The van der Waals surface area contributed by atoms with Crippen molar-refractivity contribution in [2.24, 2.45) is 18.4 Å². The van der Waals surface area contributed by atoms with Gasteiger partial charge in [-0.1, -0.05) is 46.2 Å². The lowest BCUT2D eigenvalue weighted by Gasteiger charge is -2.31. The minimum Gasteiger partial charge on any atom is -0.377 e. The molecule has 1 saturated heterocycles. The summed E-state index contributed by atoms with van der Waals surface area (Å²) in [6.45, 7) is 11.9. The van der Waals surface area contributed by atoms with Crippen LogP contribution in [-0.2, 0) is 11.8 Å². The molecule has 1 aliphatic rings. The Morgan fingerprint density at radius 1 is 1.48 bits per heavy atom. The molecule has 1 N–H and O–H groups in total. The lowest BCUT2D eigenvalue weighted by atomic mass is 9.81. The molecule has 1 fully saturated rings. The highest BCUT2D eigenvalue weighted by Gasteiger charge is 2.37. The van der Waals surface area contributed by atoms with Crippen LogP contribution in [0.25, 0.3) is 0 Å².